The zero-order chi connectivity index (χ0) is 24.3. The highest BCUT2D eigenvalue weighted by Gasteiger charge is 2.42. The zero-order valence-corrected chi connectivity index (χ0v) is 16.6. The molecule has 0 aliphatic carbocycles. The maximum absolute atomic E-state index is 13.2. The molecule has 170 valence electrons. The van der Waals surface area contributed by atoms with Crippen molar-refractivity contribution >= 4 is 23.3 Å². The third kappa shape index (κ3) is 4.41. The fourth-order valence-corrected chi connectivity index (χ4v) is 3.42. The molecule has 4 N–H and O–H groups in total. The molecule has 0 saturated carbocycles. The van der Waals surface area contributed by atoms with Gasteiger partial charge in [-0.2, -0.15) is 0 Å². The number of rotatable bonds is 8. The molecule has 3 rings (SSSR count). The van der Waals surface area contributed by atoms with E-state index in [-0.39, 0.29) is 5.56 Å². The molecule has 1 amide bonds. The highest BCUT2D eigenvalue weighted by molar-refractivity contribution is 5.96. The summed E-state index contributed by atoms with van der Waals surface area (Å²) in [6.45, 7) is 0. The van der Waals surface area contributed by atoms with Crippen LogP contribution in [-0.2, 0) is 10.5 Å². The van der Waals surface area contributed by atoms with Crippen molar-refractivity contribution in [1.29, 1.82) is 0 Å². The van der Waals surface area contributed by atoms with Crippen LogP contribution in [0.1, 0.15) is 22.3 Å². The molecule has 13 nitrogen and oxygen atoms in total. The van der Waals surface area contributed by atoms with Gasteiger partial charge in [-0.3, -0.25) is 34.4 Å². The molecule has 0 fully saturated rings. The van der Waals surface area contributed by atoms with Crippen LogP contribution in [0.2, 0.25) is 0 Å². The number of nitro groups is 2. The van der Waals surface area contributed by atoms with Crippen molar-refractivity contribution < 1.29 is 34.8 Å². The fourth-order valence-electron chi connectivity index (χ4n) is 3.42. The molecular weight excluding hydrogens is 440 g/mol. The summed E-state index contributed by atoms with van der Waals surface area (Å²) in [6, 6.07) is 11.9. The third-order valence-corrected chi connectivity index (χ3v) is 4.79. The summed E-state index contributed by atoms with van der Waals surface area (Å²) in [5.41, 5.74) is -3.95. The number of hydrogen-bond donors (Lipinski definition) is 4. The Morgan fingerprint density at radius 1 is 0.909 bits per heavy atom. The van der Waals surface area contributed by atoms with Crippen molar-refractivity contribution in [3.8, 4) is 11.8 Å². The summed E-state index contributed by atoms with van der Waals surface area (Å²) in [6.07, 6.45) is -0.879. The third-order valence-electron chi connectivity index (χ3n) is 4.79. The summed E-state index contributed by atoms with van der Waals surface area (Å²) < 4.78 is 0.764. The Morgan fingerprint density at radius 3 is 1.88 bits per heavy atom. The first-order valence-corrected chi connectivity index (χ1v) is 9.19. The maximum Gasteiger partial charge on any atom is 0.308 e. The Labute approximate surface area is 184 Å². The molecule has 0 aliphatic rings. The number of aromatic hydroxyl groups is 2. The van der Waals surface area contributed by atoms with Gasteiger partial charge in [-0.1, -0.05) is 30.3 Å². The van der Waals surface area contributed by atoms with E-state index in [0.717, 1.165) is 28.8 Å². The number of carbonyl (C=O) groups excluding carboxylic acids is 1. The van der Waals surface area contributed by atoms with Crippen LogP contribution in [0.25, 0.3) is 0 Å². The number of aliphatic carboxylic acids is 1. The summed E-state index contributed by atoms with van der Waals surface area (Å²) in [5.74, 6) is -3.75. The average Bonchev–Trinajstić information content (AvgIpc) is 3.11. The summed E-state index contributed by atoms with van der Waals surface area (Å²) in [7, 11) is 0. The molecule has 1 atom stereocenters. The number of nitro benzene ring substituents is 2. The zero-order valence-electron chi connectivity index (χ0n) is 16.6. The average molecular weight is 456 g/mol. The van der Waals surface area contributed by atoms with E-state index >= 15 is 0 Å². The van der Waals surface area contributed by atoms with E-state index in [1.807, 2.05) is 0 Å². The lowest BCUT2D eigenvalue weighted by molar-refractivity contribution is -0.394. The molecular formula is C20H16N4O9. The molecule has 1 unspecified atom stereocenters. The summed E-state index contributed by atoms with van der Waals surface area (Å²) in [4.78, 5) is 45.5. The molecule has 0 bridgehead atoms. The molecule has 0 radical (unpaired) electrons. The minimum absolute atomic E-state index is 0.127. The number of aromatic nitrogens is 1. The topological polar surface area (TPSA) is 198 Å². The van der Waals surface area contributed by atoms with E-state index in [4.69, 9.17) is 0 Å². The maximum atomic E-state index is 13.2. The Kier molecular flexibility index (Phi) is 5.97. The minimum Gasteiger partial charge on any atom is -0.494 e. The van der Waals surface area contributed by atoms with Gasteiger partial charge in [0.15, 0.2) is 17.4 Å². The minimum atomic E-state index is -2.11. The largest absolute Gasteiger partial charge is 0.494 e. The van der Waals surface area contributed by atoms with Gasteiger partial charge in [0.2, 0.25) is 0 Å². The molecule has 2 aromatic carbocycles. The van der Waals surface area contributed by atoms with Gasteiger partial charge in [-0.05, 0) is 5.56 Å². The molecule has 1 aromatic heterocycles. The summed E-state index contributed by atoms with van der Waals surface area (Å²) in [5, 5.41) is 55.0. The number of carboxylic acid groups (broad SMARTS) is 1. The van der Waals surface area contributed by atoms with Gasteiger partial charge in [0.1, 0.15) is 0 Å². The second-order valence-corrected chi connectivity index (χ2v) is 6.89. The molecule has 0 spiro atoms. The fraction of sp³-hybridized carbons (Fsp3) is 0.100. The first kappa shape index (κ1) is 22.7. The normalized spacial score (nSPS) is 12.5. The van der Waals surface area contributed by atoms with Gasteiger partial charge in [0, 0.05) is 24.3 Å². The number of amides is 1. The molecule has 0 aliphatic heterocycles. The van der Waals surface area contributed by atoms with E-state index < -0.39 is 62.5 Å². The predicted octanol–water partition coefficient (Wildman–Crippen LogP) is 2.32. The van der Waals surface area contributed by atoms with Gasteiger partial charge in [-0.25, -0.2) is 0 Å². The van der Waals surface area contributed by atoms with E-state index in [2.05, 4.69) is 5.32 Å². The van der Waals surface area contributed by atoms with E-state index in [1.165, 1.54) is 24.3 Å². The van der Waals surface area contributed by atoms with Crippen molar-refractivity contribution in [3.05, 3.63) is 92.0 Å². The van der Waals surface area contributed by atoms with Crippen LogP contribution < -0.4 is 5.32 Å². The van der Waals surface area contributed by atoms with Crippen molar-refractivity contribution in [2.75, 3.05) is 0 Å². The van der Waals surface area contributed by atoms with Gasteiger partial charge in [-0.15, -0.1) is 0 Å². The van der Waals surface area contributed by atoms with Crippen LogP contribution in [-0.4, -0.2) is 41.6 Å². The second-order valence-electron chi connectivity index (χ2n) is 6.89. The molecule has 0 saturated heterocycles. The van der Waals surface area contributed by atoms with Crippen molar-refractivity contribution in [1.82, 2.24) is 9.88 Å². The Hall–Kier alpha value is -4.94. The highest BCUT2D eigenvalue weighted by atomic mass is 16.6. The standard InChI is InChI=1S/C20H16N4O9/c25-16-6-7-17(26)22(16)20(11-18(27)28,13-4-2-1-3-5-13)21-19(29)12-8-14(23(30)31)10-15(9-12)24(32)33/h1-10,25-26H,11H2,(H,21,29)(H,27,28). The monoisotopic (exact) mass is 456 g/mol. The van der Waals surface area contributed by atoms with Crippen molar-refractivity contribution in [2.24, 2.45) is 0 Å². The van der Waals surface area contributed by atoms with Gasteiger partial charge >= 0.3 is 5.97 Å². The first-order valence-electron chi connectivity index (χ1n) is 9.19. The van der Waals surface area contributed by atoms with Gasteiger partial charge < -0.3 is 20.6 Å². The number of nitrogens with zero attached hydrogens (tertiary/aromatic N) is 3. The molecule has 33 heavy (non-hydrogen) atoms. The number of carboxylic acids is 1. The predicted molar refractivity (Wildman–Crippen MR) is 111 cm³/mol. The summed E-state index contributed by atoms with van der Waals surface area (Å²) >= 11 is 0. The quantitative estimate of drug-likeness (QED) is 0.290. The number of non-ortho nitro benzene ring substituents is 2. The van der Waals surface area contributed by atoms with Crippen LogP contribution >= 0.6 is 0 Å². The van der Waals surface area contributed by atoms with Crippen molar-refractivity contribution in [3.63, 3.8) is 0 Å². The van der Waals surface area contributed by atoms with Gasteiger partial charge in [0.25, 0.3) is 17.3 Å². The molecule has 13 heteroatoms. The van der Waals surface area contributed by atoms with Crippen molar-refractivity contribution in [2.45, 2.75) is 12.1 Å². The van der Waals surface area contributed by atoms with E-state index in [9.17, 15) is 45.1 Å². The van der Waals surface area contributed by atoms with Crippen LogP contribution in [0.3, 0.4) is 0 Å². The second kappa shape index (κ2) is 8.66. The lowest BCUT2D eigenvalue weighted by Gasteiger charge is -2.36. The SMILES string of the molecule is O=C(O)CC(NC(=O)c1cc([N+](=O)[O-])cc([N+](=O)[O-])c1)(c1ccccc1)n1c(O)ccc1O. The molecule has 1 heterocycles. The van der Waals surface area contributed by atoms with Gasteiger partial charge in [0.05, 0.1) is 27.9 Å². The Bertz CT molecular complexity index is 1200. The first-order chi connectivity index (χ1) is 15.5. The lowest BCUT2D eigenvalue weighted by Crippen LogP contribution is -2.52. The van der Waals surface area contributed by atoms with Crippen LogP contribution in [0.15, 0.2) is 60.7 Å². The van der Waals surface area contributed by atoms with Crippen LogP contribution in [0.5, 0.6) is 11.8 Å². The molecule has 3 aromatic rings. The smallest absolute Gasteiger partial charge is 0.308 e. The van der Waals surface area contributed by atoms with E-state index in [1.54, 1.807) is 6.07 Å². The lowest BCUT2D eigenvalue weighted by atomic mass is 9.94. The number of hydrogen-bond acceptors (Lipinski definition) is 8. The Balaban J connectivity index is 2.23. The van der Waals surface area contributed by atoms with Crippen LogP contribution in [0.4, 0.5) is 11.4 Å². The van der Waals surface area contributed by atoms with Crippen LogP contribution in [0, 0.1) is 20.2 Å². The Morgan fingerprint density at radius 2 is 1.42 bits per heavy atom. The number of benzene rings is 2. The number of nitrogens with one attached hydrogen (secondary N) is 1. The van der Waals surface area contributed by atoms with E-state index in [0.29, 0.717) is 6.07 Å². The number of carbonyl (C=O) groups is 2. The highest BCUT2D eigenvalue weighted by Crippen LogP contribution is 2.37.